The van der Waals surface area contributed by atoms with Crippen LogP contribution in [0.25, 0.3) is 0 Å². The van der Waals surface area contributed by atoms with Crippen LogP contribution in [0.4, 0.5) is 5.69 Å². The van der Waals surface area contributed by atoms with Crippen LogP contribution in [-0.4, -0.2) is 40.1 Å². The van der Waals surface area contributed by atoms with Crippen LogP contribution in [-0.2, 0) is 30.4 Å². The van der Waals surface area contributed by atoms with Gasteiger partial charge in [-0.05, 0) is 54.4 Å². The molecule has 0 saturated carbocycles. The van der Waals surface area contributed by atoms with E-state index in [1.54, 1.807) is 42.1 Å². The highest BCUT2D eigenvalue weighted by atomic mass is 32.2. The lowest BCUT2D eigenvalue weighted by atomic mass is 9.91. The number of hydrogen-bond donors (Lipinski definition) is 3. The second kappa shape index (κ2) is 13.1. The monoisotopic (exact) mass is 551 g/mol. The summed E-state index contributed by atoms with van der Waals surface area (Å²) in [6.07, 6.45) is -2.07. The first kappa shape index (κ1) is 28.6. The van der Waals surface area contributed by atoms with Crippen LogP contribution < -0.4 is 5.32 Å². The summed E-state index contributed by atoms with van der Waals surface area (Å²) in [5, 5.41) is 21.8. The highest BCUT2D eigenvalue weighted by Crippen LogP contribution is 2.43. The first-order chi connectivity index (χ1) is 18.7. The van der Waals surface area contributed by atoms with Gasteiger partial charge in [0.2, 0.25) is 0 Å². The van der Waals surface area contributed by atoms with Gasteiger partial charge in [0.25, 0.3) is 5.91 Å². The molecule has 0 spiro atoms. The van der Waals surface area contributed by atoms with E-state index in [-0.39, 0.29) is 30.5 Å². The molecule has 206 valence electrons. The molecule has 0 aromatic heterocycles. The van der Waals surface area contributed by atoms with E-state index in [1.165, 1.54) is 13.8 Å². The highest BCUT2D eigenvalue weighted by molar-refractivity contribution is 7.99. The summed E-state index contributed by atoms with van der Waals surface area (Å²) in [6, 6.07) is 22.0. The number of aromatic hydroxyl groups is 1. The Labute approximate surface area is 232 Å². The second-order valence-electron chi connectivity index (χ2n) is 9.49. The minimum absolute atomic E-state index is 0.0123. The summed E-state index contributed by atoms with van der Waals surface area (Å²) < 4.78 is 17.9. The summed E-state index contributed by atoms with van der Waals surface area (Å²) in [6.45, 7) is 4.83. The summed E-state index contributed by atoms with van der Waals surface area (Å²) in [7, 11) is 0. The molecule has 1 fully saturated rings. The molecular weight excluding hydrogens is 518 g/mol. The van der Waals surface area contributed by atoms with E-state index in [9.17, 15) is 19.8 Å². The quantitative estimate of drug-likeness (QED) is 0.241. The molecule has 3 aromatic carbocycles. The molecule has 0 aliphatic carbocycles. The number of carbonyl (C=O) groups is 2. The van der Waals surface area contributed by atoms with Gasteiger partial charge in [-0.1, -0.05) is 43.3 Å². The van der Waals surface area contributed by atoms with Crippen LogP contribution in [0.3, 0.4) is 0 Å². The molecule has 5 atom stereocenters. The van der Waals surface area contributed by atoms with Crippen LogP contribution in [0.5, 0.6) is 5.75 Å². The molecule has 9 heteroatoms. The minimum atomic E-state index is -0.929. The third kappa shape index (κ3) is 7.60. The molecule has 3 N–H and O–H groups in total. The third-order valence-corrected chi connectivity index (χ3v) is 7.61. The first-order valence-electron chi connectivity index (χ1n) is 12.7. The standard InChI is InChI=1S/C30H33NO7S/c1-18-27(17-39-26-13-11-25(34)12-14-26)37-30(38-28(18)22-9-7-21(16-32)8-10-22)23-5-4-6-24(15-23)31-29(35)19(2)36-20(3)33/h4-15,18-19,27-28,30,32,34H,16-17H2,1-3H3,(H,31,35). The summed E-state index contributed by atoms with van der Waals surface area (Å²) in [5.41, 5.74) is 3.06. The molecule has 4 rings (SSSR count). The second-order valence-corrected chi connectivity index (χ2v) is 10.6. The average molecular weight is 552 g/mol. The van der Waals surface area contributed by atoms with E-state index in [1.807, 2.05) is 42.5 Å². The van der Waals surface area contributed by atoms with Crippen molar-refractivity contribution >= 4 is 29.3 Å². The van der Waals surface area contributed by atoms with E-state index < -0.39 is 24.3 Å². The number of anilines is 1. The van der Waals surface area contributed by atoms with Gasteiger partial charge in [0, 0.05) is 34.7 Å². The van der Waals surface area contributed by atoms with Crippen molar-refractivity contribution in [3.8, 4) is 5.75 Å². The van der Waals surface area contributed by atoms with Gasteiger partial charge in [-0.15, -0.1) is 11.8 Å². The number of phenols is 1. The van der Waals surface area contributed by atoms with Crippen molar-refractivity contribution in [2.24, 2.45) is 5.92 Å². The van der Waals surface area contributed by atoms with Gasteiger partial charge in [0.15, 0.2) is 12.4 Å². The molecule has 39 heavy (non-hydrogen) atoms. The van der Waals surface area contributed by atoms with Crippen molar-refractivity contribution in [2.75, 3.05) is 11.1 Å². The van der Waals surface area contributed by atoms with Crippen LogP contribution in [0.2, 0.25) is 0 Å². The SMILES string of the molecule is CC(=O)OC(C)C(=O)Nc1cccc(C2OC(CSc3ccc(O)cc3)C(C)C(c3ccc(CO)cc3)O2)c1. The van der Waals surface area contributed by atoms with Crippen molar-refractivity contribution < 1.29 is 34.0 Å². The van der Waals surface area contributed by atoms with Crippen molar-refractivity contribution in [3.63, 3.8) is 0 Å². The predicted octanol–water partition coefficient (Wildman–Crippen LogP) is 5.36. The van der Waals surface area contributed by atoms with Crippen molar-refractivity contribution in [1.82, 2.24) is 0 Å². The van der Waals surface area contributed by atoms with E-state index >= 15 is 0 Å². The number of hydrogen-bond acceptors (Lipinski definition) is 8. The van der Waals surface area contributed by atoms with Gasteiger partial charge in [-0.25, -0.2) is 0 Å². The largest absolute Gasteiger partial charge is 0.508 e. The van der Waals surface area contributed by atoms with Crippen molar-refractivity contribution in [1.29, 1.82) is 0 Å². The van der Waals surface area contributed by atoms with Gasteiger partial charge in [-0.3, -0.25) is 9.59 Å². The van der Waals surface area contributed by atoms with Gasteiger partial charge >= 0.3 is 5.97 Å². The normalized spacial score (nSPS) is 21.6. The molecule has 1 aliphatic rings. The number of esters is 1. The van der Waals surface area contributed by atoms with E-state index in [0.717, 1.165) is 21.6 Å². The van der Waals surface area contributed by atoms with Crippen molar-refractivity contribution in [3.05, 3.63) is 89.5 Å². The molecule has 8 nitrogen and oxygen atoms in total. The predicted molar refractivity (Wildman–Crippen MR) is 148 cm³/mol. The maximum absolute atomic E-state index is 12.5. The molecule has 1 amide bonds. The zero-order valence-corrected chi connectivity index (χ0v) is 22.9. The number of benzene rings is 3. The maximum atomic E-state index is 12.5. The van der Waals surface area contributed by atoms with Crippen LogP contribution in [0.15, 0.2) is 77.7 Å². The minimum Gasteiger partial charge on any atom is -0.508 e. The number of thioether (sulfide) groups is 1. The zero-order chi connectivity index (χ0) is 27.9. The molecule has 1 saturated heterocycles. The topological polar surface area (TPSA) is 114 Å². The maximum Gasteiger partial charge on any atom is 0.303 e. The number of ether oxygens (including phenoxy) is 3. The molecule has 1 aliphatic heterocycles. The summed E-state index contributed by atoms with van der Waals surface area (Å²) >= 11 is 1.64. The fourth-order valence-electron chi connectivity index (χ4n) is 4.34. The molecule has 1 heterocycles. The van der Waals surface area contributed by atoms with E-state index in [0.29, 0.717) is 11.4 Å². The lowest BCUT2D eigenvalue weighted by molar-refractivity contribution is -0.268. The van der Waals surface area contributed by atoms with Gasteiger partial charge in [0.05, 0.1) is 18.8 Å². The zero-order valence-electron chi connectivity index (χ0n) is 22.1. The number of nitrogens with one attached hydrogen (secondary N) is 1. The number of aliphatic hydroxyl groups is 1. The Morgan fingerprint density at radius 1 is 1.03 bits per heavy atom. The number of rotatable bonds is 9. The third-order valence-electron chi connectivity index (χ3n) is 6.51. The lowest BCUT2D eigenvalue weighted by Crippen LogP contribution is -2.38. The summed E-state index contributed by atoms with van der Waals surface area (Å²) in [5.74, 6) is -0.0767. The van der Waals surface area contributed by atoms with Gasteiger partial charge < -0.3 is 29.7 Å². The summed E-state index contributed by atoms with van der Waals surface area (Å²) in [4.78, 5) is 24.7. The Hall–Kier alpha value is -3.37. The molecule has 3 aromatic rings. The molecule has 0 bridgehead atoms. The Kier molecular flexibility index (Phi) is 9.63. The number of carbonyl (C=O) groups excluding carboxylic acids is 2. The Morgan fingerprint density at radius 3 is 2.41 bits per heavy atom. The Morgan fingerprint density at radius 2 is 1.74 bits per heavy atom. The fourth-order valence-corrected chi connectivity index (χ4v) is 5.41. The lowest BCUT2D eigenvalue weighted by Gasteiger charge is -2.41. The van der Waals surface area contributed by atoms with Crippen LogP contribution >= 0.6 is 11.8 Å². The molecule has 0 radical (unpaired) electrons. The van der Waals surface area contributed by atoms with Gasteiger partial charge in [-0.2, -0.15) is 0 Å². The highest BCUT2D eigenvalue weighted by Gasteiger charge is 2.38. The number of aliphatic hydroxyl groups excluding tert-OH is 1. The Bertz CT molecular complexity index is 1270. The van der Waals surface area contributed by atoms with Crippen LogP contribution in [0, 0.1) is 5.92 Å². The van der Waals surface area contributed by atoms with Crippen molar-refractivity contribution in [2.45, 2.75) is 56.9 Å². The van der Waals surface area contributed by atoms with E-state index in [2.05, 4.69) is 12.2 Å². The Balaban J connectivity index is 1.56. The number of amides is 1. The average Bonchev–Trinajstić information content (AvgIpc) is 2.93. The van der Waals surface area contributed by atoms with E-state index in [4.69, 9.17) is 14.2 Å². The van der Waals surface area contributed by atoms with Crippen LogP contribution in [0.1, 0.15) is 49.9 Å². The van der Waals surface area contributed by atoms with Gasteiger partial charge in [0.1, 0.15) is 5.75 Å². The fraction of sp³-hybridized carbons (Fsp3) is 0.333. The first-order valence-corrected chi connectivity index (χ1v) is 13.7. The smallest absolute Gasteiger partial charge is 0.303 e. The number of phenolic OH excluding ortho intramolecular Hbond substituents is 1. The molecular formula is C30H33NO7S. The molecule has 5 unspecified atom stereocenters.